The van der Waals surface area contributed by atoms with Gasteiger partial charge in [0.25, 0.3) is 0 Å². The lowest BCUT2D eigenvalue weighted by Gasteiger charge is -2.30. The number of hydrogen-bond acceptors (Lipinski definition) is 5. The molecular formula is C24H23FN4O3. The molecule has 0 aliphatic heterocycles. The molecule has 4 aromatic rings. The number of halogens is 1. The number of fused-ring (bicyclic) bond motifs is 2. The van der Waals surface area contributed by atoms with Crippen LogP contribution in [0.4, 0.5) is 4.39 Å². The van der Waals surface area contributed by atoms with Crippen LogP contribution >= 0.6 is 0 Å². The second-order valence-corrected chi connectivity index (χ2v) is 7.82. The molecule has 1 aliphatic carbocycles. The summed E-state index contributed by atoms with van der Waals surface area (Å²) in [7, 11) is 1.51. The number of aliphatic hydroxyl groups is 1. The average Bonchev–Trinajstić information content (AvgIpc) is 3.43. The van der Waals surface area contributed by atoms with E-state index in [1.54, 1.807) is 25.4 Å². The van der Waals surface area contributed by atoms with Crippen LogP contribution in [-0.2, 0) is 16.1 Å². The van der Waals surface area contributed by atoms with Gasteiger partial charge in [-0.2, -0.15) is 0 Å². The number of benzene rings is 1. The Bertz CT molecular complexity index is 1310. The second-order valence-electron chi connectivity index (χ2n) is 7.82. The molecular weight excluding hydrogens is 411 g/mol. The summed E-state index contributed by atoms with van der Waals surface area (Å²) in [5.74, 6) is 0.0100. The van der Waals surface area contributed by atoms with Gasteiger partial charge in [0.1, 0.15) is 41.9 Å². The van der Waals surface area contributed by atoms with Gasteiger partial charge >= 0.3 is 0 Å². The number of imidazole rings is 1. The fourth-order valence-electron chi connectivity index (χ4n) is 4.17. The molecule has 0 saturated carbocycles. The van der Waals surface area contributed by atoms with Crippen LogP contribution in [-0.4, -0.2) is 38.3 Å². The Kier molecular flexibility index (Phi) is 5.24. The number of para-hydroxylation sites is 2. The lowest BCUT2D eigenvalue weighted by atomic mass is 9.87. The van der Waals surface area contributed by atoms with Crippen LogP contribution in [0, 0.1) is 5.92 Å². The topological polar surface area (TPSA) is 96.1 Å². The Morgan fingerprint density at radius 3 is 2.88 bits per heavy atom. The van der Waals surface area contributed by atoms with Crippen LogP contribution in [0.25, 0.3) is 22.1 Å². The minimum atomic E-state index is -1.17. The zero-order valence-corrected chi connectivity index (χ0v) is 17.7. The Balaban J connectivity index is 1.40. The number of rotatable bonds is 6. The Morgan fingerprint density at radius 1 is 1.22 bits per heavy atom. The highest BCUT2D eigenvalue weighted by Gasteiger charge is 2.36. The largest absolute Gasteiger partial charge is 0.498 e. The Hall–Kier alpha value is -3.49. The zero-order chi connectivity index (χ0) is 22.2. The Morgan fingerprint density at radius 2 is 2.06 bits per heavy atom. The molecule has 0 amide bonds. The number of nitrogens with zero attached hydrogens (tertiary/aromatic N) is 2. The summed E-state index contributed by atoms with van der Waals surface area (Å²) >= 11 is 0. The summed E-state index contributed by atoms with van der Waals surface area (Å²) in [5.41, 5.74) is 3.10. The molecule has 7 nitrogen and oxygen atoms in total. The molecule has 5 rings (SSSR count). The van der Waals surface area contributed by atoms with Gasteiger partial charge in [-0.25, -0.2) is 14.4 Å². The van der Waals surface area contributed by atoms with Crippen molar-refractivity contribution in [2.45, 2.75) is 25.7 Å². The van der Waals surface area contributed by atoms with Crippen LogP contribution in [0.3, 0.4) is 0 Å². The highest BCUT2D eigenvalue weighted by atomic mass is 19.1. The summed E-state index contributed by atoms with van der Waals surface area (Å²) in [5, 5.41) is 11.7. The predicted octanol–water partition coefficient (Wildman–Crippen LogP) is 4.46. The van der Waals surface area contributed by atoms with E-state index in [1.807, 2.05) is 30.3 Å². The first-order chi connectivity index (χ1) is 15.6. The summed E-state index contributed by atoms with van der Waals surface area (Å²) < 4.78 is 27.0. The van der Waals surface area contributed by atoms with Crippen molar-refractivity contribution in [1.82, 2.24) is 19.9 Å². The fourth-order valence-corrected chi connectivity index (χ4v) is 4.17. The van der Waals surface area contributed by atoms with E-state index in [1.165, 1.54) is 13.2 Å². The van der Waals surface area contributed by atoms with E-state index in [9.17, 15) is 5.11 Å². The summed E-state index contributed by atoms with van der Waals surface area (Å²) in [6.07, 6.45) is 3.02. The van der Waals surface area contributed by atoms with Crippen LogP contribution in [0.15, 0.2) is 72.0 Å². The molecule has 3 N–H and O–H groups in total. The smallest absolute Gasteiger partial charge is 0.137 e. The number of pyridine rings is 1. The standard InChI is InChI=1S/C24H23FN4O3/c1-13-21(25)15(22(30)16-11-27-24-14(16)6-5-9-26-24)10-19(31-2)23(13)32-12-20-28-17-7-3-4-8-18(17)29-20/h3-11,13,22-23,30H,12H2,1-2H3,(H,26,27)(H,28,29). The van der Waals surface area contributed by atoms with Gasteiger partial charge in [-0.3, -0.25) is 0 Å². The number of aromatic amines is 2. The molecule has 3 heterocycles. The van der Waals surface area contributed by atoms with Gasteiger partial charge in [0.05, 0.1) is 18.1 Å². The molecule has 1 aliphatic rings. The van der Waals surface area contributed by atoms with Crippen LogP contribution in [0.2, 0.25) is 0 Å². The van der Waals surface area contributed by atoms with E-state index in [4.69, 9.17) is 9.47 Å². The first-order valence-corrected chi connectivity index (χ1v) is 10.4. The Labute approximate surface area is 183 Å². The second kappa shape index (κ2) is 8.22. The van der Waals surface area contributed by atoms with Crippen LogP contribution in [0.1, 0.15) is 24.4 Å². The SMILES string of the molecule is COC1=CC(C(O)c2c[nH]c3ncccc23)=C(F)C(C)C1OCc1nc2ccccc2[nH]1. The van der Waals surface area contributed by atoms with Gasteiger partial charge < -0.3 is 24.5 Å². The van der Waals surface area contributed by atoms with E-state index < -0.39 is 24.0 Å². The maximum Gasteiger partial charge on any atom is 0.137 e. The maximum absolute atomic E-state index is 15.4. The molecule has 0 radical (unpaired) electrons. The first-order valence-electron chi connectivity index (χ1n) is 10.4. The third kappa shape index (κ3) is 3.47. The van der Waals surface area contributed by atoms with Crippen LogP contribution < -0.4 is 0 Å². The molecule has 0 bridgehead atoms. The van der Waals surface area contributed by atoms with Crippen molar-refractivity contribution in [3.63, 3.8) is 0 Å². The van der Waals surface area contributed by atoms with Crippen molar-refractivity contribution in [3.8, 4) is 0 Å². The van der Waals surface area contributed by atoms with Gasteiger partial charge in [0.15, 0.2) is 0 Å². The van der Waals surface area contributed by atoms with Crippen molar-refractivity contribution < 1.29 is 19.0 Å². The number of aliphatic hydroxyl groups excluding tert-OH is 1. The van der Waals surface area contributed by atoms with Crippen molar-refractivity contribution in [1.29, 1.82) is 0 Å². The molecule has 3 unspecified atom stereocenters. The molecule has 164 valence electrons. The quantitative estimate of drug-likeness (QED) is 0.416. The minimum Gasteiger partial charge on any atom is -0.498 e. The van der Waals surface area contributed by atoms with Crippen molar-refractivity contribution in [2.75, 3.05) is 7.11 Å². The van der Waals surface area contributed by atoms with Crippen molar-refractivity contribution >= 4 is 22.1 Å². The molecule has 3 atom stereocenters. The van der Waals surface area contributed by atoms with E-state index in [0.29, 0.717) is 22.8 Å². The lowest BCUT2D eigenvalue weighted by molar-refractivity contribution is -0.00488. The van der Waals surface area contributed by atoms with Gasteiger partial charge in [-0.1, -0.05) is 19.1 Å². The molecule has 0 saturated heterocycles. The van der Waals surface area contributed by atoms with Crippen molar-refractivity contribution in [2.24, 2.45) is 5.92 Å². The minimum absolute atomic E-state index is 0.155. The van der Waals surface area contributed by atoms with E-state index in [2.05, 4.69) is 19.9 Å². The van der Waals surface area contributed by atoms with Crippen molar-refractivity contribution in [3.05, 3.63) is 83.4 Å². The third-order valence-electron chi connectivity index (χ3n) is 5.85. The molecule has 0 spiro atoms. The van der Waals surface area contributed by atoms with E-state index in [0.717, 1.165) is 16.4 Å². The van der Waals surface area contributed by atoms with E-state index >= 15 is 4.39 Å². The normalized spacial score (nSPS) is 20.1. The van der Waals surface area contributed by atoms with Crippen LogP contribution in [0.5, 0.6) is 0 Å². The summed E-state index contributed by atoms with van der Waals surface area (Å²) in [4.78, 5) is 15.0. The molecule has 0 fully saturated rings. The molecule has 32 heavy (non-hydrogen) atoms. The highest BCUT2D eigenvalue weighted by molar-refractivity contribution is 5.80. The predicted molar refractivity (Wildman–Crippen MR) is 118 cm³/mol. The number of ether oxygens (including phenoxy) is 2. The highest BCUT2D eigenvalue weighted by Crippen LogP contribution is 2.40. The average molecular weight is 434 g/mol. The zero-order valence-electron chi connectivity index (χ0n) is 17.7. The molecule has 1 aromatic carbocycles. The lowest BCUT2D eigenvalue weighted by Crippen LogP contribution is -2.30. The summed E-state index contributed by atoms with van der Waals surface area (Å²) in [6, 6.07) is 11.3. The number of H-pyrrole nitrogens is 2. The summed E-state index contributed by atoms with van der Waals surface area (Å²) in [6.45, 7) is 1.89. The molecule has 3 aromatic heterocycles. The number of methoxy groups -OCH3 is 1. The first kappa shape index (κ1) is 20.4. The van der Waals surface area contributed by atoms with Gasteiger partial charge in [-0.05, 0) is 30.3 Å². The van der Waals surface area contributed by atoms with E-state index in [-0.39, 0.29) is 12.2 Å². The van der Waals surface area contributed by atoms with Gasteiger partial charge in [0, 0.05) is 34.8 Å². The third-order valence-corrected chi connectivity index (χ3v) is 5.85. The number of hydrogen-bond donors (Lipinski definition) is 3. The molecule has 8 heteroatoms. The number of aromatic nitrogens is 4. The monoisotopic (exact) mass is 434 g/mol. The van der Waals surface area contributed by atoms with Gasteiger partial charge in [-0.15, -0.1) is 0 Å². The number of nitrogens with one attached hydrogen (secondary N) is 2. The van der Waals surface area contributed by atoms with Gasteiger partial charge in [0.2, 0.25) is 0 Å². The maximum atomic E-state index is 15.4. The fraction of sp³-hybridized carbons (Fsp3) is 0.250.